The number of rotatable bonds is 10. The zero-order valence-corrected chi connectivity index (χ0v) is 15.5. The minimum Gasteiger partial charge on any atom is -0.371 e. The van der Waals surface area contributed by atoms with E-state index in [4.69, 9.17) is 13.3 Å². The van der Waals surface area contributed by atoms with Crippen LogP contribution in [-0.4, -0.2) is 27.1 Å². The van der Waals surface area contributed by atoms with E-state index in [-0.39, 0.29) is 18.3 Å². The van der Waals surface area contributed by atoms with E-state index in [1.807, 2.05) is 0 Å². The molecule has 0 aliphatic heterocycles. The molecular weight excluding hydrogens is 280 g/mol. The second kappa shape index (κ2) is 8.88. The van der Waals surface area contributed by atoms with Crippen molar-refractivity contribution in [3.05, 3.63) is 23.8 Å². The highest BCUT2D eigenvalue weighted by atomic mass is 28.4. The first-order valence-corrected chi connectivity index (χ1v) is 10.1. The molecule has 21 heavy (non-hydrogen) atoms. The van der Waals surface area contributed by atoms with Gasteiger partial charge in [0.15, 0.2) is 0 Å². The summed E-state index contributed by atoms with van der Waals surface area (Å²) in [6.45, 7) is 12.3. The van der Waals surface area contributed by atoms with Gasteiger partial charge in [0.05, 0.1) is 0 Å². The van der Waals surface area contributed by atoms with Gasteiger partial charge in [0.25, 0.3) is 0 Å². The van der Waals surface area contributed by atoms with Crippen LogP contribution in [0.5, 0.6) is 0 Å². The van der Waals surface area contributed by atoms with Crippen LogP contribution < -0.4 is 0 Å². The van der Waals surface area contributed by atoms with Crippen molar-refractivity contribution >= 4 is 8.80 Å². The van der Waals surface area contributed by atoms with Crippen LogP contribution in [0.25, 0.3) is 0 Å². The minimum absolute atomic E-state index is 0.126. The number of allylic oxidation sites excluding steroid dienone is 4. The summed E-state index contributed by atoms with van der Waals surface area (Å²) in [6.07, 6.45) is 10.2. The SMILES string of the molecule is CC(C)O[Si](CCCC1=CC=CC1)(OC(C)C)OC(C)C. The summed E-state index contributed by atoms with van der Waals surface area (Å²) in [6, 6.07) is 0.888. The fourth-order valence-electron chi connectivity index (χ4n) is 2.55. The Bertz CT molecular complexity index is 333. The Morgan fingerprint density at radius 3 is 1.86 bits per heavy atom. The molecule has 0 heterocycles. The van der Waals surface area contributed by atoms with Gasteiger partial charge in [-0.25, -0.2) is 0 Å². The smallest absolute Gasteiger partial charge is 0.371 e. The van der Waals surface area contributed by atoms with Crippen molar-refractivity contribution in [2.75, 3.05) is 0 Å². The lowest BCUT2D eigenvalue weighted by atomic mass is 10.1. The average Bonchev–Trinajstić information content (AvgIpc) is 2.78. The highest BCUT2D eigenvalue weighted by Gasteiger charge is 2.43. The van der Waals surface area contributed by atoms with Gasteiger partial charge in [-0.2, -0.15) is 0 Å². The lowest BCUT2D eigenvalue weighted by molar-refractivity contribution is 0.00292. The van der Waals surface area contributed by atoms with Gasteiger partial charge in [-0.05, 0) is 60.8 Å². The maximum atomic E-state index is 6.18. The second-order valence-electron chi connectivity index (χ2n) is 6.49. The molecular formula is C17H32O3Si. The molecule has 0 radical (unpaired) electrons. The predicted octanol–water partition coefficient (Wildman–Crippen LogP) is 4.87. The van der Waals surface area contributed by atoms with Gasteiger partial charge >= 0.3 is 8.80 Å². The molecule has 0 N–H and O–H groups in total. The minimum atomic E-state index is -2.60. The Morgan fingerprint density at radius 1 is 0.952 bits per heavy atom. The van der Waals surface area contributed by atoms with E-state index in [0.29, 0.717) is 0 Å². The van der Waals surface area contributed by atoms with E-state index >= 15 is 0 Å². The molecule has 3 nitrogen and oxygen atoms in total. The van der Waals surface area contributed by atoms with Crippen LogP contribution in [0.3, 0.4) is 0 Å². The quantitative estimate of drug-likeness (QED) is 0.539. The maximum Gasteiger partial charge on any atom is 0.501 e. The Kier molecular flexibility index (Phi) is 7.88. The van der Waals surface area contributed by atoms with Gasteiger partial charge in [0.1, 0.15) is 0 Å². The summed E-state index contributed by atoms with van der Waals surface area (Å²) in [5.74, 6) is 0. The van der Waals surface area contributed by atoms with Gasteiger partial charge in [-0.1, -0.05) is 23.8 Å². The first-order valence-electron chi connectivity index (χ1n) is 8.21. The van der Waals surface area contributed by atoms with Crippen LogP contribution in [0, 0.1) is 0 Å². The molecule has 0 fully saturated rings. The van der Waals surface area contributed by atoms with Crippen LogP contribution in [-0.2, 0) is 13.3 Å². The Balaban J connectivity index is 2.66. The summed E-state index contributed by atoms with van der Waals surface area (Å²) in [5.41, 5.74) is 1.50. The summed E-state index contributed by atoms with van der Waals surface area (Å²) in [4.78, 5) is 0. The highest BCUT2D eigenvalue weighted by Crippen LogP contribution is 2.26. The summed E-state index contributed by atoms with van der Waals surface area (Å²) < 4.78 is 18.6. The second-order valence-corrected chi connectivity index (χ2v) is 9.07. The molecule has 0 saturated heterocycles. The first kappa shape index (κ1) is 18.6. The van der Waals surface area contributed by atoms with E-state index < -0.39 is 8.80 Å². The standard InChI is InChI=1S/C17H32O3Si/c1-14(2)18-21(19-15(3)4,20-16(5)6)13-9-12-17-10-7-8-11-17/h7-8,10,14-16H,9,11-13H2,1-6H3. The van der Waals surface area contributed by atoms with Gasteiger partial charge in [0.2, 0.25) is 0 Å². The van der Waals surface area contributed by atoms with E-state index in [9.17, 15) is 0 Å². The van der Waals surface area contributed by atoms with Crippen molar-refractivity contribution in [3.63, 3.8) is 0 Å². The topological polar surface area (TPSA) is 27.7 Å². The van der Waals surface area contributed by atoms with Gasteiger partial charge in [-0.3, -0.25) is 0 Å². The van der Waals surface area contributed by atoms with Crippen LogP contribution in [0.15, 0.2) is 23.8 Å². The first-order chi connectivity index (χ1) is 9.83. The van der Waals surface area contributed by atoms with Crippen molar-refractivity contribution in [1.82, 2.24) is 0 Å². The predicted molar refractivity (Wildman–Crippen MR) is 90.3 cm³/mol. The summed E-state index contributed by atoms with van der Waals surface area (Å²) >= 11 is 0. The molecule has 122 valence electrons. The number of hydrogen-bond donors (Lipinski definition) is 0. The molecule has 0 saturated carbocycles. The molecule has 0 amide bonds. The van der Waals surface area contributed by atoms with Crippen LogP contribution in [0.1, 0.15) is 60.8 Å². The van der Waals surface area contributed by atoms with Crippen molar-refractivity contribution < 1.29 is 13.3 Å². The monoisotopic (exact) mass is 312 g/mol. The third kappa shape index (κ3) is 7.41. The molecule has 1 rings (SSSR count). The lowest BCUT2D eigenvalue weighted by Crippen LogP contribution is -2.50. The normalized spacial score (nSPS) is 15.6. The molecule has 0 spiro atoms. The van der Waals surface area contributed by atoms with Crippen LogP contribution in [0.2, 0.25) is 6.04 Å². The van der Waals surface area contributed by atoms with E-state index in [0.717, 1.165) is 25.3 Å². The van der Waals surface area contributed by atoms with Crippen molar-refractivity contribution in [3.8, 4) is 0 Å². The van der Waals surface area contributed by atoms with Crippen molar-refractivity contribution in [1.29, 1.82) is 0 Å². The fourth-order valence-corrected chi connectivity index (χ4v) is 5.83. The lowest BCUT2D eigenvalue weighted by Gasteiger charge is -2.34. The summed E-state index contributed by atoms with van der Waals surface area (Å²) in [5, 5.41) is 0. The largest absolute Gasteiger partial charge is 0.501 e. The van der Waals surface area contributed by atoms with Crippen LogP contribution in [0.4, 0.5) is 0 Å². The van der Waals surface area contributed by atoms with Gasteiger partial charge in [0, 0.05) is 24.4 Å². The molecule has 4 heteroatoms. The average molecular weight is 313 g/mol. The Hall–Kier alpha value is -0.423. The van der Waals surface area contributed by atoms with E-state index in [1.54, 1.807) is 0 Å². The maximum absolute atomic E-state index is 6.18. The van der Waals surface area contributed by atoms with Gasteiger partial charge < -0.3 is 13.3 Å². The summed E-state index contributed by atoms with van der Waals surface area (Å²) in [7, 11) is -2.60. The molecule has 1 aliphatic carbocycles. The van der Waals surface area contributed by atoms with Crippen molar-refractivity contribution in [2.45, 2.75) is 85.2 Å². The molecule has 0 aromatic rings. The molecule has 1 aliphatic rings. The Morgan fingerprint density at radius 2 is 1.48 bits per heavy atom. The molecule has 0 bridgehead atoms. The van der Waals surface area contributed by atoms with E-state index in [2.05, 4.69) is 59.8 Å². The zero-order chi connectivity index (χ0) is 15.9. The Labute approximate surface area is 131 Å². The van der Waals surface area contributed by atoms with Crippen molar-refractivity contribution in [2.24, 2.45) is 0 Å². The third-order valence-electron chi connectivity index (χ3n) is 3.07. The molecule has 0 unspecified atom stereocenters. The molecule has 0 aromatic carbocycles. The fraction of sp³-hybridized carbons (Fsp3) is 0.765. The molecule has 0 atom stereocenters. The van der Waals surface area contributed by atoms with Crippen LogP contribution >= 0.6 is 0 Å². The third-order valence-corrected chi connectivity index (χ3v) is 6.53. The van der Waals surface area contributed by atoms with Gasteiger partial charge in [-0.15, -0.1) is 0 Å². The molecule has 0 aromatic heterocycles. The van der Waals surface area contributed by atoms with E-state index in [1.165, 1.54) is 5.57 Å². The highest BCUT2D eigenvalue weighted by molar-refractivity contribution is 6.60. The zero-order valence-electron chi connectivity index (χ0n) is 14.5. The number of hydrogen-bond acceptors (Lipinski definition) is 3.